The molecule has 1 rings (SSSR count). The molecule has 0 aromatic carbocycles. The Kier molecular flexibility index (Phi) is 13.4. The molecule has 0 radical (unpaired) electrons. The highest BCUT2D eigenvalue weighted by molar-refractivity contribution is 6.87. The molecule has 10 nitrogen and oxygen atoms in total. The zero-order valence-electron chi connectivity index (χ0n) is 21.3. The van der Waals surface area contributed by atoms with Crippen LogP contribution in [0.15, 0.2) is 0 Å². The lowest BCUT2D eigenvalue weighted by atomic mass is 9.99. The van der Waals surface area contributed by atoms with Crippen molar-refractivity contribution in [2.75, 3.05) is 39.6 Å². The summed E-state index contributed by atoms with van der Waals surface area (Å²) in [6.45, 7) is 16.7. The molecule has 0 aromatic heterocycles. The van der Waals surface area contributed by atoms with E-state index < -0.39 is 62.5 Å². The SMILES string of the molecule is C[Si](C)(C)O[Si](C)(CCCOCCOCCOC1O[C@H](CO)[C@@H](O)[C@H](O)[C@H]1O)O[Si](C)(C)C. The highest BCUT2D eigenvalue weighted by atomic mass is 28.5. The molecule has 1 unspecified atom stereocenters. The van der Waals surface area contributed by atoms with Gasteiger partial charge in [-0.2, -0.15) is 0 Å². The lowest BCUT2D eigenvalue weighted by Gasteiger charge is -2.39. The van der Waals surface area contributed by atoms with E-state index in [-0.39, 0.29) is 13.2 Å². The van der Waals surface area contributed by atoms with Crippen molar-refractivity contribution in [3.63, 3.8) is 0 Å². The van der Waals surface area contributed by atoms with Crippen molar-refractivity contribution in [1.29, 1.82) is 0 Å². The molecule has 0 bridgehead atoms. The predicted molar refractivity (Wildman–Crippen MR) is 131 cm³/mol. The minimum absolute atomic E-state index is 0.120. The number of ether oxygens (including phenoxy) is 4. The van der Waals surface area contributed by atoms with E-state index in [1.54, 1.807) is 0 Å². The highest BCUT2D eigenvalue weighted by Crippen LogP contribution is 2.25. The third-order valence-corrected chi connectivity index (χ3v) is 14.3. The van der Waals surface area contributed by atoms with Gasteiger partial charge in [-0.25, -0.2) is 0 Å². The summed E-state index contributed by atoms with van der Waals surface area (Å²) in [6.07, 6.45) is -5.51. The number of hydrogen-bond donors (Lipinski definition) is 4. The molecule has 1 saturated heterocycles. The quantitative estimate of drug-likeness (QED) is 0.169. The van der Waals surface area contributed by atoms with Gasteiger partial charge in [0.05, 0.1) is 33.0 Å². The number of aliphatic hydroxyl groups is 4. The van der Waals surface area contributed by atoms with Crippen LogP contribution >= 0.6 is 0 Å². The molecular weight excluding hydrogens is 484 g/mol. The largest absolute Gasteiger partial charge is 0.437 e. The van der Waals surface area contributed by atoms with Crippen molar-refractivity contribution in [3.05, 3.63) is 0 Å². The topological polar surface area (TPSA) is 136 Å². The van der Waals surface area contributed by atoms with Crippen molar-refractivity contribution in [3.8, 4) is 0 Å². The second-order valence-electron chi connectivity index (χ2n) is 10.5. The maximum Gasteiger partial charge on any atom is 0.314 e. The van der Waals surface area contributed by atoms with Crippen LogP contribution in [-0.4, -0.2) is 116 Å². The van der Waals surface area contributed by atoms with E-state index in [9.17, 15) is 20.4 Å². The number of aliphatic hydroxyl groups excluding tert-OH is 4. The molecule has 33 heavy (non-hydrogen) atoms. The van der Waals surface area contributed by atoms with Crippen molar-refractivity contribution in [1.82, 2.24) is 0 Å². The van der Waals surface area contributed by atoms with E-state index >= 15 is 0 Å². The van der Waals surface area contributed by atoms with Gasteiger partial charge in [-0.05, 0) is 58.3 Å². The van der Waals surface area contributed by atoms with Gasteiger partial charge >= 0.3 is 8.56 Å². The summed E-state index contributed by atoms with van der Waals surface area (Å²) >= 11 is 0. The maximum atomic E-state index is 9.91. The van der Waals surface area contributed by atoms with E-state index in [0.29, 0.717) is 19.8 Å². The Morgan fingerprint density at radius 3 is 1.73 bits per heavy atom. The van der Waals surface area contributed by atoms with Gasteiger partial charge in [-0.1, -0.05) is 0 Å². The first-order valence-corrected chi connectivity index (χ1v) is 21.0. The van der Waals surface area contributed by atoms with E-state index in [1.165, 1.54) is 0 Å². The first kappa shape index (κ1) is 31.3. The van der Waals surface area contributed by atoms with Gasteiger partial charge in [-0.15, -0.1) is 0 Å². The van der Waals surface area contributed by atoms with Crippen LogP contribution in [0.4, 0.5) is 0 Å². The summed E-state index contributed by atoms with van der Waals surface area (Å²) in [7, 11) is -5.62. The lowest BCUT2D eigenvalue weighted by molar-refractivity contribution is -0.302. The second-order valence-corrected chi connectivity index (χ2v) is 23.3. The zero-order valence-corrected chi connectivity index (χ0v) is 24.3. The summed E-state index contributed by atoms with van der Waals surface area (Å²) in [5.41, 5.74) is 0. The lowest BCUT2D eigenvalue weighted by Crippen LogP contribution is -2.59. The van der Waals surface area contributed by atoms with Crippen LogP contribution in [0, 0.1) is 0 Å². The molecular formula is C20H46O10Si3. The van der Waals surface area contributed by atoms with E-state index in [4.69, 9.17) is 27.2 Å². The van der Waals surface area contributed by atoms with Crippen LogP contribution in [0.2, 0.25) is 51.9 Å². The summed E-state index contributed by atoms with van der Waals surface area (Å²) in [4.78, 5) is 0. The first-order chi connectivity index (χ1) is 15.2. The summed E-state index contributed by atoms with van der Waals surface area (Å²) in [6, 6.07) is 0.898. The molecule has 13 heteroatoms. The van der Waals surface area contributed by atoms with Crippen molar-refractivity contribution >= 4 is 25.2 Å². The van der Waals surface area contributed by atoms with Crippen molar-refractivity contribution in [2.45, 2.75) is 89.0 Å². The van der Waals surface area contributed by atoms with Crippen molar-refractivity contribution < 1.29 is 47.6 Å². The summed E-state index contributed by atoms with van der Waals surface area (Å²) in [5, 5.41) is 38.6. The van der Waals surface area contributed by atoms with Crippen LogP contribution in [0.5, 0.6) is 0 Å². The average Bonchev–Trinajstić information content (AvgIpc) is 2.66. The molecule has 0 amide bonds. The van der Waals surface area contributed by atoms with Gasteiger partial charge in [0.2, 0.25) is 0 Å². The Bertz CT molecular complexity index is 525. The smallest absolute Gasteiger partial charge is 0.314 e. The fourth-order valence-electron chi connectivity index (χ4n) is 3.66. The van der Waals surface area contributed by atoms with Crippen LogP contribution in [-0.2, 0) is 27.2 Å². The Balaban J connectivity index is 2.19. The van der Waals surface area contributed by atoms with Gasteiger partial charge in [0.25, 0.3) is 0 Å². The molecule has 1 aliphatic rings. The zero-order chi connectivity index (χ0) is 25.3. The molecule has 0 aromatic rings. The molecule has 4 N–H and O–H groups in total. The van der Waals surface area contributed by atoms with Gasteiger partial charge in [-0.3, -0.25) is 0 Å². The van der Waals surface area contributed by atoms with E-state index in [0.717, 1.165) is 12.5 Å². The molecule has 0 aliphatic carbocycles. The molecule has 5 atom stereocenters. The maximum absolute atomic E-state index is 9.91. The minimum Gasteiger partial charge on any atom is -0.437 e. The molecule has 1 heterocycles. The third kappa shape index (κ3) is 12.7. The number of hydrogen-bond acceptors (Lipinski definition) is 10. The Hall–Kier alpha value is 0.251. The summed E-state index contributed by atoms with van der Waals surface area (Å²) in [5.74, 6) is 0. The van der Waals surface area contributed by atoms with Crippen molar-refractivity contribution in [2.24, 2.45) is 0 Å². The summed E-state index contributed by atoms with van der Waals surface area (Å²) < 4.78 is 34.7. The fraction of sp³-hybridized carbons (Fsp3) is 1.00. The molecule has 0 spiro atoms. The molecule has 1 aliphatic heterocycles. The van der Waals surface area contributed by atoms with E-state index in [2.05, 4.69) is 45.8 Å². The normalized spacial score (nSPS) is 27.2. The Morgan fingerprint density at radius 2 is 1.21 bits per heavy atom. The van der Waals surface area contributed by atoms with Crippen LogP contribution in [0.1, 0.15) is 6.42 Å². The third-order valence-electron chi connectivity index (χ3n) is 4.69. The highest BCUT2D eigenvalue weighted by Gasteiger charge is 2.44. The minimum atomic E-state index is -2.23. The van der Waals surface area contributed by atoms with Crippen LogP contribution in [0.3, 0.4) is 0 Å². The predicted octanol–water partition coefficient (Wildman–Crippen LogP) is 1.00. The fourth-order valence-corrected chi connectivity index (χ4v) is 16.2. The van der Waals surface area contributed by atoms with Crippen LogP contribution in [0.25, 0.3) is 0 Å². The number of rotatable bonds is 16. The monoisotopic (exact) mass is 530 g/mol. The van der Waals surface area contributed by atoms with Crippen LogP contribution < -0.4 is 0 Å². The van der Waals surface area contributed by atoms with Gasteiger partial charge < -0.3 is 47.6 Å². The van der Waals surface area contributed by atoms with Gasteiger partial charge in [0, 0.05) is 6.61 Å². The average molecular weight is 531 g/mol. The Labute approximate surface area is 201 Å². The van der Waals surface area contributed by atoms with E-state index in [1.807, 2.05) is 0 Å². The standard InChI is InChI=1S/C20H46O10Si3/c1-31(2,3)29-33(7,30-32(4,5)6)14-8-9-25-10-11-26-12-13-27-20-19(24)18(23)17(22)16(15-21)28-20/h16-24H,8-15H2,1-7H3/t16-,17-,18+,19-,20?/m1/s1. The molecule has 0 saturated carbocycles. The van der Waals surface area contributed by atoms with Gasteiger partial charge in [0.15, 0.2) is 22.9 Å². The second kappa shape index (κ2) is 14.1. The molecule has 1 fully saturated rings. The Morgan fingerprint density at radius 1 is 0.697 bits per heavy atom. The first-order valence-electron chi connectivity index (χ1n) is 11.7. The molecule has 198 valence electrons. The van der Waals surface area contributed by atoms with Gasteiger partial charge in [0.1, 0.15) is 24.4 Å².